The van der Waals surface area contributed by atoms with Crippen LogP contribution in [0.15, 0.2) is 82.6 Å². The molecule has 3 aromatic carbocycles. The first kappa shape index (κ1) is 19.0. The van der Waals surface area contributed by atoms with E-state index in [4.69, 9.17) is 9.47 Å². The highest BCUT2D eigenvalue weighted by molar-refractivity contribution is 7.99. The van der Waals surface area contributed by atoms with Gasteiger partial charge in [0.25, 0.3) is 5.91 Å². The molecule has 0 fully saturated rings. The molecule has 5 heteroatoms. The van der Waals surface area contributed by atoms with Crippen molar-refractivity contribution >= 4 is 23.4 Å². The number of rotatable bonds is 7. The molecule has 1 N–H and O–H groups in total. The van der Waals surface area contributed by atoms with Crippen molar-refractivity contribution < 1.29 is 14.3 Å². The van der Waals surface area contributed by atoms with E-state index in [1.165, 1.54) is 0 Å². The Morgan fingerprint density at radius 2 is 1.52 bits per heavy atom. The average Bonchev–Trinajstić information content (AvgIpc) is 2.71. The molecule has 138 valence electrons. The van der Waals surface area contributed by atoms with E-state index in [2.05, 4.69) is 5.32 Å². The third-order valence-electron chi connectivity index (χ3n) is 3.97. The van der Waals surface area contributed by atoms with E-state index >= 15 is 0 Å². The van der Waals surface area contributed by atoms with Gasteiger partial charge in [-0.15, -0.1) is 0 Å². The number of nitrogens with one attached hydrogen (secondary N) is 1. The number of ether oxygens (including phenoxy) is 2. The Bertz CT molecular complexity index is 892. The number of hydrogen-bond acceptors (Lipinski definition) is 4. The van der Waals surface area contributed by atoms with Crippen molar-refractivity contribution in [2.45, 2.75) is 16.4 Å². The smallest absolute Gasteiger partial charge is 0.256 e. The summed E-state index contributed by atoms with van der Waals surface area (Å²) >= 11 is 1.66. The van der Waals surface area contributed by atoms with Crippen LogP contribution in [0.2, 0.25) is 0 Å². The van der Waals surface area contributed by atoms with Crippen LogP contribution < -0.4 is 10.1 Å². The van der Waals surface area contributed by atoms with Crippen LogP contribution in [0.3, 0.4) is 0 Å². The molecule has 0 saturated carbocycles. The van der Waals surface area contributed by atoms with Gasteiger partial charge in [-0.3, -0.25) is 4.79 Å². The fourth-order valence-corrected chi connectivity index (χ4v) is 3.42. The first-order valence-electron chi connectivity index (χ1n) is 8.50. The molecule has 0 atom stereocenters. The molecule has 0 aliphatic carbocycles. The van der Waals surface area contributed by atoms with E-state index < -0.39 is 0 Å². The van der Waals surface area contributed by atoms with Gasteiger partial charge in [0.15, 0.2) is 0 Å². The number of hydrogen-bond donors (Lipinski definition) is 1. The minimum atomic E-state index is -0.141. The van der Waals surface area contributed by atoms with Gasteiger partial charge in [0.1, 0.15) is 5.75 Å². The molecule has 4 nitrogen and oxygen atoms in total. The zero-order valence-electron chi connectivity index (χ0n) is 15.3. The highest BCUT2D eigenvalue weighted by Gasteiger charge is 2.11. The lowest BCUT2D eigenvalue weighted by Crippen LogP contribution is -2.14. The predicted octanol–water partition coefficient (Wildman–Crippen LogP) is 5.25. The van der Waals surface area contributed by atoms with Crippen LogP contribution in [0, 0.1) is 0 Å². The molecule has 0 spiro atoms. The lowest BCUT2D eigenvalue weighted by atomic mass is 10.1. The fraction of sp³-hybridized carbons (Fsp3) is 0.136. The summed E-state index contributed by atoms with van der Waals surface area (Å²) in [6, 6.07) is 23.2. The summed E-state index contributed by atoms with van der Waals surface area (Å²) in [6.45, 7) is 0.404. The normalized spacial score (nSPS) is 10.4. The van der Waals surface area contributed by atoms with Gasteiger partial charge in [0.2, 0.25) is 0 Å². The Morgan fingerprint density at radius 1 is 0.889 bits per heavy atom. The SMILES string of the molecule is COCc1ccccc1C(=O)Nc1ccc(Sc2ccc(OC)cc2)cc1. The summed E-state index contributed by atoms with van der Waals surface area (Å²) in [7, 11) is 3.27. The minimum absolute atomic E-state index is 0.141. The van der Waals surface area contributed by atoms with Crippen molar-refractivity contribution in [3.05, 3.63) is 83.9 Å². The maximum atomic E-state index is 12.6. The molecule has 0 heterocycles. The third-order valence-corrected chi connectivity index (χ3v) is 4.98. The van der Waals surface area contributed by atoms with Crippen LogP contribution in [0.4, 0.5) is 5.69 Å². The molecule has 0 aromatic heterocycles. The summed E-state index contributed by atoms with van der Waals surface area (Å²) < 4.78 is 10.3. The molecule has 0 bridgehead atoms. The van der Waals surface area contributed by atoms with E-state index in [9.17, 15) is 4.79 Å². The number of benzene rings is 3. The first-order chi connectivity index (χ1) is 13.2. The third kappa shape index (κ3) is 5.12. The Balaban J connectivity index is 1.66. The molecule has 3 aromatic rings. The summed E-state index contributed by atoms with van der Waals surface area (Å²) in [4.78, 5) is 14.8. The van der Waals surface area contributed by atoms with Gasteiger partial charge in [0, 0.05) is 28.2 Å². The zero-order chi connectivity index (χ0) is 19.1. The maximum absolute atomic E-state index is 12.6. The molecule has 0 aliphatic heterocycles. The topological polar surface area (TPSA) is 47.6 Å². The van der Waals surface area contributed by atoms with E-state index in [1.807, 2.05) is 66.7 Å². The molecule has 3 rings (SSSR count). The highest BCUT2D eigenvalue weighted by Crippen LogP contribution is 2.29. The second-order valence-corrected chi connectivity index (χ2v) is 6.99. The Morgan fingerprint density at radius 3 is 2.15 bits per heavy atom. The van der Waals surface area contributed by atoms with Crippen molar-refractivity contribution in [3.63, 3.8) is 0 Å². The van der Waals surface area contributed by atoms with Crippen molar-refractivity contribution in [2.75, 3.05) is 19.5 Å². The number of carbonyl (C=O) groups excluding carboxylic acids is 1. The van der Waals surface area contributed by atoms with Crippen LogP contribution in [0.5, 0.6) is 5.75 Å². The second kappa shape index (κ2) is 9.26. The molecular formula is C22H21NO3S. The van der Waals surface area contributed by atoms with E-state index in [-0.39, 0.29) is 5.91 Å². The summed E-state index contributed by atoms with van der Waals surface area (Å²) in [6.07, 6.45) is 0. The van der Waals surface area contributed by atoms with Crippen LogP contribution in [0.25, 0.3) is 0 Å². The number of carbonyl (C=O) groups is 1. The van der Waals surface area contributed by atoms with Crippen molar-refractivity contribution in [1.82, 2.24) is 0 Å². The Kier molecular flexibility index (Phi) is 6.52. The second-order valence-electron chi connectivity index (χ2n) is 5.85. The maximum Gasteiger partial charge on any atom is 0.256 e. The Labute approximate surface area is 163 Å². The average molecular weight is 379 g/mol. The lowest BCUT2D eigenvalue weighted by molar-refractivity contribution is 0.102. The van der Waals surface area contributed by atoms with Crippen LogP contribution in [-0.4, -0.2) is 20.1 Å². The summed E-state index contributed by atoms with van der Waals surface area (Å²) in [5, 5.41) is 2.94. The monoisotopic (exact) mass is 379 g/mol. The van der Waals surface area contributed by atoms with Gasteiger partial charge in [0.05, 0.1) is 13.7 Å². The molecular weight excluding hydrogens is 358 g/mol. The number of amides is 1. The fourth-order valence-electron chi connectivity index (χ4n) is 2.61. The van der Waals surface area contributed by atoms with Gasteiger partial charge in [-0.25, -0.2) is 0 Å². The Hall–Kier alpha value is -2.76. The molecule has 0 aliphatic rings. The standard InChI is InChI=1S/C22H21NO3S/c1-25-15-16-5-3-4-6-21(16)22(24)23-17-7-11-19(12-8-17)27-20-13-9-18(26-2)10-14-20/h3-14H,15H2,1-2H3,(H,23,24). The number of anilines is 1. The first-order valence-corrected chi connectivity index (χ1v) is 9.31. The number of methoxy groups -OCH3 is 2. The van der Waals surface area contributed by atoms with Gasteiger partial charge >= 0.3 is 0 Å². The summed E-state index contributed by atoms with van der Waals surface area (Å²) in [5.74, 6) is 0.698. The van der Waals surface area contributed by atoms with Crippen molar-refractivity contribution in [1.29, 1.82) is 0 Å². The van der Waals surface area contributed by atoms with Crippen LogP contribution in [0.1, 0.15) is 15.9 Å². The van der Waals surface area contributed by atoms with Crippen molar-refractivity contribution in [2.24, 2.45) is 0 Å². The van der Waals surface area contributed by atoms with Gasteiger partial charge in [-0.05, 0) is 60.2 Å². The zero-order valence-corrected chi connectivity index (χ0v) is 16.1. The molecule has 0 unspecified atom stereocenters. The quantitative estimate of drug-likeness (QED) is 0.609. The predicted molar refractivity (Wildman–Crippen MR) is 109 cm³/mol. The summed E-state index contributed by atoms with van der Waals surface area (Å²) in [5.41, 5.74) is 2.24. The van der Waals surface area contributed by atoms with Gasteiger partial charge in [-0.1, -0.05) is 30.0 Å². The highest BCUT2D eigenvalue weighted by atomic mass is 32.2. The van der Waals surface area contributed by atoms with Crippen LogP contribution in [-0.2, 0) is 11.3 Å². The lowest BCUT2D eigenvalue weighted by Gasteiger charge is -2.10. The molecule has 1 amide bonds. The van der Waals surface area contributed by atoms with E-state index in [0.717, 1.165) is 26.8 Å². The van der Waals surface area contributed by atoms with Crippen LogP contribution >= 0.6 is 11.8 Å². The molecule has 27 heavy (non-hydrogen) atoms. The van der Waals surface area contributed by atoms with Gasteiger partial charge < -0.3 is 14.8 Å². The minimum Gasteiger partial charge on any atom is -0.497 e. The van der Waals surface area contributed by atoms with Gasteiger partial charge in [-0.2, -0.15) is 0 Å². The van der Waals surface area contributed by atoms with Crippen molar-refractivity contribution in [3.8, 4) is 5.75 Å². The largest absolute Gasteiger partial charge is 0.497 e. The van der Waals surface area contributed by atoms with E-state index in [1.54, 1.807) is 32.0 Å². The molecule has 0 saturated heterocycles. The molecule has 0 radical (unpaired) electrons. The van der Waals surface area contributed by atoms with E-state index in [0.29, 0.717) is 12.2 Å².